The highest BCUT2D eigenvalue weighted by Gasteiger charge is 2.21. The summed E-state index contributed by atoms with van der Waals surface area (Å²) in [5.41, 5.74) is 0. The summed E-state index contributed by atoms with van der Waals surface area (Å²) in [7, 11) is -3.62. The number of hydrogen-bond acceptors (Lipinski definition) is 4. The summed E-state index contributed by atoms with van der Waals surface area (Å²) in [4.78, 5) is 0. The van der Waals surface area contributed by atoms with E-state index in [2.05, 4.69) is 18.6 Å². The molecule has 0 saturated carbocycles. The van der Waals surface area contributed by atoms with Gasteiger partial charge in [0.2, 0.25) is 5.09 Å². The van der Waals surface area contributed by atoms with Crippen molar-refractivity contribution in [2.24, 2.45) is 5.92 Å². The Morgan fingerprint density at radius 1 is 1.28 bits per heavy atom. The summed E-state index contributed by atoms with van der Waals surface area (Å²) in [5, 5.41) is 8.68. The van der Waals surface area contributed by atoms with Crippen LogP contribution >= 0.6 is 0 Å². The quantitative estimate of drug-likeness (QED) is 0.796. The van der Waals surface area contributed by atoms with E-state index >= 15 is 0 Å². The zero-order chi connectivity index (χ0) is 13.8. The summed E-state index contributed by atoms with van der Waals surface area (Å²) in [6, 6.07) is 2.66. The molecule has 0 spiro atoms. The standard InChI is InChI=1S/C12H21NO4S/c1-9(2)4-5-10(3)13-18(15,16)12-7-6-11(8-14)17-12/h6-7,9-10,13-14H,4-5,8H2,1-3H3. The van der Waals surface area contributed by atoms with Crippen molar-refractivity contribution < 1.29 is 17.9 Å². The third kappa shape index (κ3) is 4.44. The van der Waals surface area contributed by atoms with Crippen molar-refractivity contribution in [2.75, 3.05) is 0 Å². The molecule has 5 nitrogen and oxygen atoms in total. The predicted octanol–water partition coefficient (Wildman–Crippen LogP) is 1.87. The fourth-order valence-corrected chi connectivity index (χ4v) is 2.78. The predicted molar refractivity (Wildman–Crippen MR) is 68.5 cm³/mol. The Morgan fingerprint density at radius 2 is 1.94 bits per heavy atom. The first-order valence-electron chi connectivity index (χ1n) is 6.07. The van der Waals surface area contributed by atoms with Crippen molar-refractivity contribution in [3.8, 4) is 0 Å². The Bertz CT molecular complexity index is 464. The summed E-state index contributed by atoms with van der Waals surface area (Å²) in [5.74, 6) is 0.784. The van der Waals surface area contributed by atoms with Crippen molar-refractivity contribution in [1.82, 2.24) is 4.72 Å². The number of hydrogen-bond donors (Lipinski definition) is 2. The minimum atomic E-state index is -3.62. The van der Waals surface area contributed by atoms with Crippen LogP contribution in [0.4, 0.5) is 0 Å². The van der Waals surface area contributed by atoms with Crippen LogP contribution in [0.2, 0.25) is 0 Å². The molecule has 104 valence electrons. The van der Waals surface area contributed by atoms with Gasteiger partial charge in [-0.1, -0.05) is 13.8 Å². The molecule has 0 bridgehead atoms. The van der Waals surface area contributed by atoms with E-state index in [9.17, 15) is 8.42 Å². The molecule has 1 rings (SSSR count). The summed E-state index contributed by atoms with van der Waals surface area (Å²) < 4.78 is 31.4. The van der Waals surface area contributed by atoms with Crippen LogP contribution in [0.5, 0.6) is 0 Å². The van der Waals surface area contributed by atoms with E-state index < -0.39 is 10.0 Å². The van der Waals surface area contributed by atoms with Crippen LogP contribution in [0.3, 0.4) is 0 Å². The van der Waals surface area contributed by atoms with Gasteiger partial charge >= 0.3 is 0 Å². The van der Waals surface area contributed by atoms with Gasteiger partial charge in [0, 0.05) is 6.04 Å². The number of aliphatic hydroxyl groups is 1. The van der Waals surface area contributed by atoms with Crippen LogP contribution in [0.15, 0.2) is 21.6 Å². The Kier molecular flexibility index (Phi) is 5.37. The lowest BCUT2D eigenvalue weighted by Crippen LogP contribution is -2.32. The number of furan rings is 1. The fourth-order valence-electron chi connectivity index (χ4n) is 1.55. The first-order chi connectivity index (χ1) is 8.35. The van der Waals surface area contributed by atoms with E-state index in [1.165, 1.54) is 12.1 Å². The van der Waals surface area contributed by atoms with Crippen LogP contribution in [0.25, 0.3) is 0 Å². The minimum absolute atomic E-state index is 0.139. The second-order valence-electron chi connectivity index (χ2n) is 4.87. The molecule has 0 aliphatic rings. The van der Waals surface area contributed by atoms with E-state index in [1.54, 1.807) is 0 Å². The molecule has 1 atom stereocenters. The first-order valence-corrected chi connectivity index (χ1v) is 7.55. The molecule has 0 radical (unpaired) electrons. The molecular weight excluding hydrogens is 254 g/mol. The van der Waals surface area contributed by atoms with Crippen molar-refractivity contribution in [2.45, 2.75) is 51.4 Å². The van der Waals surface area contributed by atoms with Crippen LogP contribution < -0.4 is 4.72 Å². The molecule has 0 aliphatic heterocycles. The summed E-state index contributed by atoms with van der Waals surface area (Å²) >= 11 is 0. The van der Waals surface area contributed by atoms with Crippen molar-refractivity contribution >= 4 is 10.0 Å². The van der Waals surface area contributed by atoms with E-state index in [-0.39, 0.29) is 23.5 Å². The van der Waals surface area contributed by atoms with Gasteiger partial charge < -0.3 is 9.52 Å². The van der Waals surface area contributed by atoms with Gasteiger partial charge in [-0.15, -0.1) is 0 Å². The molecule has 0 aliphatic carbocycles. The average molecular weight is 275 g/mol. The van der Waals surface area contributed by atoms with Crippen molar-refractivity contribution in [3.63, 3.8) is 0 Å². The van der Waals surface area contributed by atoms with E-state index in [0.29, 0.717) is 5.92 Å². The summed E-state index contributed by atoms with van der Waals surface area (Å²) in [6.45, 7) is 5.72. The molecule has 6 heteroatoms. The maximum atomic E-state index is 11.9. The van der Waals surface area contributed by atoms with E-state index in [4.69, 9.17) is 9.52 Å². The lowest BCUT2D eigenvalue weighted by atomic mass is 10.1. The van der Waals surface area contributed by atoms with Gasteiger partial charge in [0.25, 0.3) is 10.0 Å². The lowest BCUT2D eigenvalue weighted by Gasteiger charge is -2.14. The lowest BCUT2D eigenvalue weighted by molar-refractivity contribution is 0.236. The molecule has 0 amide bonds. The zero-order valence-electron chi connectivity index (χ0n) is 11.0. The Morgan fingerprint density at radius 3 is 2.44 bits per heavy atom. The van der Waals surface area contributed by atoms with Crippen LogP contribution in [0.1, 0.15) is 39.4 Å². The third-order valence-electron chi connectivity index (χ3n) is 2.59. The van der Waals surface area contributed by atoms with Gasteiger partial charge in [-0.25, -0.2) is 13.1 Å². The fraction of sp³-hybridized carbons (Fsp3) is 0.667. The number of rotatable bonds is 7. The minimum Gasteiger partial charge on any atom is -0.446 e. The van der Waals surface area contributed by atoms with Gasteiger partial charge in [-0.2, -0.15) is 0 Å². The summed E-state index contributed by atoms with van der Waals surface area (Å²) in [6.07, 6.45) is 1.74. The number of sulfonamides is 1. The molecule has 0 fully saturated rings. The molecule has 0 saturated heterocycles. The Hall–Kier alpha value is -0.850. The molecule has 2 N–H and O–H groups in total. The maximum Gasteiger partial charge on any atom is 0.274 e. The molecule has 0 aromatic carbocycles. The molecule has 1 aromatic rings. The highest BCUT2D eigenvalue weighted by molar-refractivity contribution is 7.89. The van der Waals surface area contributed by atoms with Gasteiger partial charge in [0.1, 0.15) is 12.4 Å². The van der Waals surface area contributed by atoms with Gasteiger partial charge in [0.05, 0.1) is 0 Å². The average Bonchev–Trinajstić information content (AvgIpc) is 2.75. The maximum absolute atomic E-state index is 11.9. The Labute approximate surface area is 108 Å². The molecule has 1 aromatic heterocycles. The highest BCUT2D eigenvalue weighted by Crippen LogP contribution is 2.15. The SMILES string of the molecule is CC(C)CCC(C)NS(=O)(=O)c1ccc(CO)o1. The normalized spacial score (nSPS) is 14.1. The topological polar surface area (TPSA) is 79.5 Å². The third-order valence-corrected chi connectivity index (χ3v) is 4.05. The first kappa shape index (κ1) is 15.2. The molecule has 18 heavy (non-hydrogen) atoms. The smallest absolute Gasteiger partial charge is 0.274 e. The van der Waals surface area contributed by atoms with Crippen LogP contribution in [-0.4, -0.2) is 19.6 Å². The Balaban J connectivity index is 2.64. The van der Waals surface area contributed by atoms with Crippen LogP contribution in [-0.2, 0) is 16.6 Å². The zero-order valence-corrected chi connectivity index (χ0v) is 11.8. The number of aliphatic hydroxyl groups excluding tert-OH is 1. The van der Waals surface area contributed by atoms with E-state index in [1.807, 2.05) is 6.92 Å². The molecular formula is C12H21NO4S. The van der Waals surface area contributed by atoms with Crippen molar-refractivity contribution in [3.05, 3.63) is 17.9 Å². The van der Waals surface area contributed by atoms with E-state index in [0.717, 1.165) is 12.8 Å². The number of nitrogens with one attached hydrogen (secondary N) is 1. The molecule has 1 heterocycles. The second kappa shape index (κ2) is 6.36. The highest BCUT2D eigenvalue weighted by atomic mass is 32.2. The second-order valence-corrected chi connectivity index (χ2v) is 6.52. The van der Waals surface area contributed by atoms with Crippen LogP contribution in [0, 0.1) is 5.92 Å². The van der Waals surface area contributed by atoms with Gasteiger partial charge in [-0.05, 0) is 37.8 Å². The monoisotopic (exact) mass is 275 g/mol. The van der Waals surface area contributed by atoms with Gasteiger partial charge in [-0.3, -0.25) is 0 Å². The largest absolute Gasteiger partial charge is 0.446 e. The molecule has 1 unspecified atom stereocenters. The van der Waals surface area contributed by atoms with Crippen molar-refractivity contribution in [1.29, 1.82) is 0 Å². The van der Waals surface area contributed by atoms with Gasteiger partial charge in [0.15, 0.2) is 0 Å².